The molecular formula is C21H20N2O3S2. The lowest BCUT2D eigenvalue weighted by molar-refractivity contribution is -0.129. The molecule has 0 unspecified atom stereocenters. The van der Waals surface area contributed by atoms with Crippen LogP contribution >= 0.6 is 23.5 Å². The summed E-state index contributed by atoms with van der Waals surface area (Å²) in [6.45, 7) is 2.07. The zero-order valence-electron chi connectivity index (χ0n) is 15.6. The molecule has 1 saturated heterocycles. The van der Waals surface area contributed by atoms with Crippen molar-refractivity contribution < 1.29 is 14.4 Å². The highest BCUT2D eigenvalue weighted by atomic mass is 32.2. The summed E-state index contributed by atoms with van der Waals surface area (Å²) in [6.07, 6.45) is 3.67. The molecule has 5 nitrogen and oxygen atoms in total. The van der Waals surface area contributed by atoms with E-state index < -0.39 is 11.1 Å². The SMILES string of the molecule is CSc1ccc(/C=C2\SC(=O)N(CC(=O)NCc3ccc(C)cc3)C2=O)cc1. The summed E-state index contributed by atoms with van der Waals surface area (Å²) in [5.74, 6) is -0.803. The number of nitrogens with zero attached hydrogens (tertiary/aromatic N) is 1. The summed E-state index contributed by atoms with van der Waals surface area (Å²) in [5, 5.41) is 2.32. The maximum atomic E-state index is 12.5. The number of thioether (sulfide) groups is 2. The summed E-state index contributed by atoms with van der Waals surface area (Å²) >= 11 is 2.49. The van der Waals surface area contributed by atoms with Crippen molar-refractivity contribution in [2.75, 3.05) is 12.8 Å². The molecule has 0 aromatic heterocycles. The van der Waals surface area contributed by atoms with Crippen molar-refractivity contribution in [2.45, 2.75) is 18.4 Å². The average Bonchev–Trinajstić information content (AvgIpc) is 2.95. The van der Waals surface area contributed by atoms with Gasteiger partial charge in [-0.3, -0.25) is 19.3 Å². The zero-order chi connectivity index (χ0) is 20.1. The fourth-order valence-electron chi connectivity index (χ4n) is 2.59. The van der Waals surface area contributed by atoms with E-state index in [9.17, 15) is 14.4 Å². The van der Waals surface area contributed by atoms with Crippen LogP contribution in [0.5, 0.6) is 0 Å². The minimum Gasteiger partial charge on any atom is -0.350 e. The fraction of sp³-hybridized carbons (Fsp3) is 0.190. The first-order chi connectivity index (χ1) is 13.5. The molecule has 0 radical (unpaired) electrons. The molecule has 1 fully saturated rings. The van der Waals surface area contributed by atoms with Crippen LogP contribution in [0, 0.1) is 6.92 Å². The molecule has 1 N–H and O–H groups in total. The summed E-state index contributed by atoms with van der Waals surface area (Å²) in [5.41, 5.74) is 2.94. The molecule has 144 valence electrons. The molecule has 0 atom stereocenters. The molecule has 0 aliphatic carbocycles. The van der Waals surface area contributed by atoms with Gasteiger partial charge in [0.25, 0.3) is 11.1 Å². The smallest absolute Gasteiger partial charge is 0.294 e. The van der Waals surface area contributed by atoms with Gasteiger partial charge in [0.2, 0.25) is 5.91 Å². The van der Waals surface area contributed by atoms with Gasteiger partial charge in [-0.15, -0.1) is 11.8 Å². The molecule has 0 bridgehead atoms. The maximum Gasteiger partial charge on any atom is 0.294 e. The third-order valence-electron chi connectivity index (χ3n) is 4.20. The number of nitrogens with one attached hydrogen (secondary N) is 1. The fourth-order valence-corrected chi connectivity index (χ4v) is 3.84. The topological polar surface area (TPSA) is 66.5 Å². The van der Waals surface area contributed by atoms with Gasteiger partial charge in [0.15, 0.2) is 0 Å². The maximum absolute atomic E-state index is 12.5. The highest BCUT2D eigenvalue weighted by Gasteiger charge is 2.36. The third-order valence-corrected chi connectivity index (χ3v) is 5.85. The molecule has 1 heterocycles. The van der Waals surface area contributed by atoms with E-state index in [1.165, 1.54) is 0 Å². The lowest BCUT2D eigenvalue weighted by Crippen LogP contribution is -2.39. The normalized spacial score (nSPS) is 15.4. The number of aryl methyl sites for hydroxylation is 1. The molecule has 2 aromatic rings. The van der Waals surface area contributed by atoms with Crippen LogP contribution in [0.1, 0.15) is 16.7 Å². The Labute approximate surface area is 172 Å². The van der Waals surface area contributed by atoms with Gasteiger partial charge < -0.3 is 5.32 Å². The van der Waals surface area contributed by atoms with Crippen molar-refractivity contribution >= 4 is 46.7 Å². The molecule has 7 heteroatoms. The molecule has 2 aromatic carbocycles. The van der Waals surface area contributed by atoms with Crippen LogP contribution in [0.4, 0.5) is 4.79 Å². The Bertz CT molecular complexity index is 922. The molecule has 28 heavy (non-hydrogen) atoms. The van der Waals surface area contributed by atoms with Gasteiger partial charge in [-0.1, -0.05) is 42.0 Å². The number of amides is 3. The first-order valence-electron chi connectivity index (χ1n) is 8.68. The van der Waals surface area contributed by atoms with E-state index >= 15 is 0 Å². The minimum absolute atomic E-state index is 0.278. The van der Waals surface area contributed by atoms with E-state index in [0.717, 1.165) is 38.2 Å². The van der Waals surface area contributed by atoms with Gasteiger partial charge in [-0.05, 0) is 54.3 Å². The summed E-state index contributed by atoms with van der Waals surface area (Å²) < 4.78 is 0. The van der Waals surface area contributed by atoms with Gasteiger partial charge in [0.05, 0.1) is 4.91 Å². The molecular weight excluding hydrogens is 392 g/mol. The number of rotatable bonds is 6. The Balaban J connectivity index is 1.60. The number of carbonyl (C=O) groups excluding carboxylic acids is 3. The van der Waals surface area contributed by atoms with Crippen LogP contribution in [0.15, 0.2) is 58.3 Å². The predicted molar refractivity (Wildman–Crippen MR) is 114 cm³/mol. The molecule has 1 aliphatic rings. The largest absolute Gasteiger partial charge is 0.350 e. The Morgan fingerprint density at radius 3 is 2.43 bits per heavy atom. The van der Waals surface area contributed by atoms with Gasteiger partial charge in [0.1, 0.15) is 6.54 Å². The van der Waals surface area contributed by atoms with Crippen LogP contribution in [-0.2, 0) is 16.1 Å². The summed E-state index contributed by atoms with van der Waals surface area (Å²) in [6, 6.07) is 15.5. The number of hydrogen-bond donors (Lipinski definition) is 1. The number of benzene rings is 2. The first kappa shape index (κ1) is 20.2. The van der Waals surface area contributed by atoms with Crippen LogP contribution in [0.2, 0.25) is 0 Å². The van der Waals surface area contributed by atoms with Crippen molar-refractivity contribution in [1.29, 1.82) is 0 Å². The van der Waals surface area contributed by atoms with Crippen molar-refractivity contribution in [1.82, 2.24) is 10.2 Å². The molecule has 3 rings (SSSR count). The number of carbonyl (C=O) groups is 3. The molecule has 3 amide bonds. The van der Waals surface area contributed by atoms with E-state index in [0.29, 0.717) is 11.4 Å². The van der Waals surface area contributed by atoms with Crippen LogP contribution in [-0.4, -0.2) is 34.8 Å². The second-order valence-corrected chi connectivity index (χ2v) is 8.18. The van der Waals surface area contributed by atoms with Gasteiger partial charge in [-0.25, -0.2) is 0 Å². The van der Waals surface area contributed by atoms with Gasteiger partial charge in [-0.2, -0.15) is 0 Å². The van der Waals surface area contributed by atoms with Crippen molar-refractivity contribution in [3.05, 3.63) is 70.1 Å². The lowest BCUT2D eigenvalue weighted by Gasteiger charge is -2.12. The van der Waals surface area contributed by atoms with E-state index in [2.05, 4.69) is 5.32 Å². The summed E-state index contributed by atoms with van der Waals surface area (Å²) in [7, 11) is 0. The minimum atomic E-state index is -0.436. The highest BCUT2D eigenvalue weighted by Crippen LogP contribution is 2.32. The van der Waals surface area contributed by atoms with E-state index in [-0.39, 0.29) is 12.5 Å². The standard InChI is InChI=1S/C21H20N2O3S2/c1-14-3-5-16(6-4-14)12-22-19(24)13-23-20(25)18(28-21(23)26)11-15-7-9-17(27-2)10-8-15/h3-11H,12-13H2,1-2H3,(H,22,24)/b18-11-. The average molecular weight is 413 g/mol. The molecule has 0 spiro atoms. The van der Waals surface area contributed by atoms with Crippen molar-refractivity contribution in [2.24, 2.45) is 0 Å². The Morgan fingerprint density at radius 2 is 1.79 bits per heavy atom. The molecule has 0 saturated carbocycles. The van der Waals surface area contributed by atoms with Gasteiger partial charge in [0, 0.05) is 11.4 Å². The monoisotopic (exact) mass is 412 g/mol. The van der Waals surface area contributed by atoms with Crippen LogP contribution in [0.3, 0.4) is 0 Å². The quantitative estimate of drug-likeness (QED) is 0.572. The zero-order valence-corrected chi connectivity index (χ0v) is 17.2. The summed E-state index contributed by atoms with van der Waals surface area (Å²) in [4.78, 5) is 39.3. The Morgan fingerprint density at radius 1 is 1.11 bits per heavy atom. The Kier molecular flexibility index (Phi) is 6.59. The van der Waals surface area contributed by atoms with Gasteiger partial charge >= 0.3 is 0 Å². The van der Waals surface area contributed by atoms with E-state index in [4.69, 9.17) is 0 Å². The number of hydrogen-bond acceptors (Lipinski definition) is 5. The third kappa shape index (κ3) is 5.05. The molecule has 1 aliphatic heterocycles. The van der Waals surface area contributed by atoms with E-state index in [1.54, 1.807) is 17.8 Å². The van der Waals surface area contributed by atoms with Crippen LogP contribution < -0.4 is 5.32 Å². The first-order valence-corrected chi connectivity index (χ1v) is 10.7. The predicted octanol–water partition coefficient (Wildman–Crippen LogP) is 4.07. The van der Waals surface area contributed by atoms with Crippen molar-refractivity contribution in [3.8, 4) is 0 Å². The van der Waals surface area contributed by atoms with E-state index in [1.807, 2.05) is 61.7 Å². The number of imide groups is 1. The highest BCUT2D eigenvalue weighted by molar-refractivity contribution is 8.18. The Hall–Kier alpha value is -2.51. The van der Waals surface area contributed by atoms with Crippen LogP contribution in [0.25, 0.3) is 6.08 Å². The lowest BCUT2D eigenvalue weighted by atomic mass is 10.1. The van der Waals surface area contributed by atoms with Crippen molar-refractivity contribution in [3.63, 3.8) is 0 Å². The second kappa shape index (κ2) is 9.12. The second-order valence-electron chi connectivity index (χ2n) is 6.30.